The summed E-state index contributed by atoms with van der Waals surface area (Å²) >= 11 is 7.29. The molecule has 1 atom stereocenters. The van der Waals surface area contributed by atoms with Gasteiger partial charge in [0.15, 0.2) is 5.16 Å². The van der Waals surface area contributed by atoms with E-state index >= 15 is 0 Å². The van der Waals surface area contributed by atoms with Crippen LogP contribution in [0, 0.1) is 0 Å². The molecule has 1 amide bonds. The SMILES string of the molecule is CC(NC(=O)CSc1nncn1C)c1cccc(Cl)c1. The number of hydrogen-bond acceptors (Lipinski definition) is 4. The van der Waals surface area contributed by atoms with Gasteiger partial charge in [-0.05, 0) is 24.6 Å². The second kappa shape index (κ2) is 6.76. The molecule has 7 heteroatoms. The van der Waals surface area contributed by atoms with Crippen molar-refractivity contribution in [1.29, 1.82) is 0 Å². The molecule has 2 rings (SSSR count). The van der Waals surface area contributed by atoms with E-state index in [0.29, 0.717) is 10.8 Å². The van der Waals surface area contributed by atoms with Crippen LogP contribution < -0.4 is 5.32 Å². The first kappa shape index (κ1) is 14.9. The first-order valence-electron chi connectivity index (χ1n) is 6.08. The van der Waals surface area contributed by atoms with Crippen molar-refractivity contribution in [1.82, 2.24) is 20.1 Å². The number of amides is 1. The van der Waals surface area contributed by atoms with Crippen molar-refractivity contribution in [2.24, 2.45) is 7.05 Å². The van der Waals surface area contributed by atoms with Crippen molar-refractivity contribution in [3.05, 3.63) is 41.2 Å². The van der Waals surface area contributed by atoms with Gasteiger partial charge in [0, 0.05) is 12.1 Å². The van der Waals surface area contributed by atoms with Gasteiger partial charge >= 0.3 is 0 Å². The lowest BCUT2D eigenvalue weighted by molar-refractivity contribution is -0.119. The summed E-state index contributed by atoms with van der Waals surface area (Å²) in [7, 11) is 1.84. The molecule has 5 nitrogen and oxygen atoms in total. The normalized spacial score (nSPS) is 12.2. The van der Waals surface area contributed by atoms with Gasteiger partial charge in [-0.2, -0.15) is 0 Å². The summed E-state index contributed by atoms with van der Waals surface area (Å²) in [5.74, 6) is 0.253. The minimum atomic E-state index is -0.0821. The summed E-state index contributed by atoms with van der Waals surface area (Å²) in [6.45, 7) is 1.93. The number of carbonyl (C=O) groups excluding carboxylic acids is 1. The minimum Gasteiger partial charge on any atom is -0.349 e. The van der Waals surface area contributed by atoms with Crippen LogP contribution in [0.5, 0.6) is 0 Å². The number of hydrogen-bond donors (Lipinski definition) is 1. The predicted octanol–water partition coefficient (Wildman–Crippen LogP) is 2.44. The van der Waals surface area contributed by atoms with E-state index in [0.717, 1.165) is 10.7 Å². The minimum absolute atomic E-state index is 0.0505. The monoisotopic (exact) mass is 310 g/mol. The maximum absolute atomic E-state index is 11.9. The molecule has 1 heterocycles. The molecule has 1 aromatic heterocycles. The molecule has 0 saturated carbocycles. The summed E-state index contributed by atoms with van der Waals surface area (Å²) in [4.78, 5) is 11.9. The molecule has 1 aromatic carbocycles. The number of benzene rings is 1. The van der Waals surface area contributed by atoms with Gasteiger partial charge in [0.05, 0.1) is 11.8 Å². The molecule has 0 aliphatic heterocycles. The van der Waals surface area contributed by atoms with Gasteiger partial charge in [0.1, 0.15) is 6.33 Å². The van der Waals surface area contributed by atoms with Gasteiger partial charge in [0.2, 0.25) is 5.91 Å². The molecule has 1 unspecified atom stereocenters. The van der Waals surface area contributed by atoms with Crippen molar-refractivity contribution in [3.63, 3.8) is 0 Å². The lowest BCUT2D eigenvalue weighted by Crippen LogP contribution is -2.28. The van der Waals surface area contributed by atoms with Crippen LogP contribution in [-0.4, -0.2) is 26.4 Å². The van der Waals surface area contributed by atoms with Crippen LogP contribution in [0.2, 0.25) is 5.02 Å². The zero-order valence-corrected chi connectivity index (χ0v) is 12.8. The molecular weight excluding hydrogens is 296 g/mol. The van der Waals surface area contributed by atoms with Crippen LogP contribution >= 0.6 is 23.4 Å². The molecule has 0 aliphatic carbocycles. The van der Waals surface area contributed by atoms with E-state index in [1.165, 1.54) is 11.8 Å². The highest BCUT2D eigenvalue weighted by Gasteiger charge is 2.11. The fourth-order valence-electron chi connectivity index (χ4n) is 1.68. The molecule has 1 N–H and O–H groups in total. The Labute approximate surface area is 126 Å². The van der Waals surface area contributed by atoms with Crippen LogP contribution in [0.1, 0.15) is 18.5 Å². The highest BCUT2D eigenvalue weighted by atomic mass is 35.5. The molecule has 0 fully saturated rings. The Hall–Kier alpha value is -1.53. The van der Waals surface area contributed by atoms with E-state index in [1.54, 1.807) is 10.9 Å². The largest absolute Gasteiger partial charge is 0.349 e. The van der Waals surface area contributed by atoms with Crippen LogP contribution in [0.15, 0.2) is 35.7 Å². The zero-order chi connectivity index (χ0) is 14.5. The van der Waals surface area contributed by atoms with E-state index in [4.69, 9.17) is 11.6 Å². The summed E-state index contributed by atoms with van der Waals surface area (Å²) in [6, 6.07) is 7.38. The Morgan fingerprint density at radius 2 is 2.35 bits per heavy atom. The number of thioether (sulfide) groups is 1. The molecule has 2 aromatic rings. The van der Waals surface area contributed by atoms with Gasteiger partial charge in [-0.1, -0.05) is 35.5 Å². The molecular formula is C13H15ClN4OS. The Kier molecular flexibility index (Phi) is 5.03. The number of halogens is 1. The maximum atomic E-state index is 11.9. The molecule has 0 radical (unpaired) electrons. The topological polar surface area (TPSA) is 59.8 Å². The van der Waals surface area contributed by atoms with Crippen molar-refractivity contribution in [3.8, 4) is 0 Å². The van der Waals surface area contributed by atoms with Crippen molar-refractivity contribution >= 4 is 29.3 Å². The van der Waals surface area contributed by atoms with Gasteiger partial charge in [-0.15, -0.1) is 10.2 Å². The molecule has 20 heavy (non-hydrogen) atoms. The third-order valence-electron chi connectivity index (χ3n) is 2.73. The molecule has 0 bridgehead atoms. The molecule has 0 spiro atoms. The Bertz CT molecular complexity index is 602. The Morgan fingerprint density at radius 1 is 1.55 bits per heavy atom. The quantitative estimate of drug-likeness (QED) is 0.862. The number of aryl methyl sites for hydroxylation is 1. The predicted molar refractivity (Wildman–Crippen MR) is 79.7 cm³/mol. The first-order chi connectivity index (χ1) is 9.56. The van der Waals surface area contributed by atoms with Crippen LogP contribution in [0.4, 0.5) is 0 Å². The third-order valence-corrected chi connectivity index (χ3v) is 4.00. The highest BCUT2D eigenvalue weighted by Crippen LogP contribution is 2.18. The summed E-state index contributed by atoms with van der Waals surface area (Å²) in [5.41, 5.74) is 0.981. The van der Waals surface area contributed by atoms with E-state index in [1.807, 2.05) is 38.2 Å². The third kappa shape index (κ3) is 3.98. The zero-order valence-electron chi connectivity index (χ0n) is 11.2. The van der Waals surface area contributed by atoms with E-state index in [2.05, 4.69) is 15.5 Å². The molecule has 106 valence electrons. The molecule has 0 saturated heterocycles. The van der Waals surface area contributed by atoms with Gasteiger partial charge < -0.3 is 9.88 Å². The van der Waals surface area contributed by atoms with E-state index < -0.39 is 0 Å². The smallest absolute Gasteiger partial charge is 0.230 e. The standard InChI is InChI=1S/C13H15ClN4OS/c1-9(10-4-3-5-11(14)6-10)16-12(19)7-20-13-17-15-8-18(13)2/h3-6,8-9H,7H2,1-2H3,(H,16,19). The van der Waals surface area contributed by atoms with E-state index in [-0.39, 0.29) is 11.9 Å². The van der Waals surface area contributed by atoms with Gasteiger partial charge in [-0.3, -0.25) is 4.79 Å². The van der Waals surface area contributed by atoms with Gasteiger partial charge in [-0.25, -0.2) is 0 Å². The fourth-order valence-corrected chi connectivity index (χ4v) is 2.57. The second-order valence-electron chi connectivity index (χ2n) is 4.36. The maximum Gasteiger partial charge on any atom is 0.230 e. The number of nitrogens with zero attached hydrogens (tertiary/aromatic N) is 3. The number of aromatic nitrogens is 3. The lowest BCUT2D eigenvalue weighted by atomic mass is 10.1. The van der Waals surface area contributed by atoms with Crippen LogP contribution in [-0.2, 0) is 11.8 Å². The number of rotatable bonds is 5. The van der Waals surface area contributed by atoms with E-state index in [9.17, 15) is 4.79 Å². The van der Waals surface area contributed by atoms with Crippen molar-refractivity contribution in [2.45, 2.75) is 18.1 Å². The van der Waals surface area contributed by atoms with Crippen LogP contribution in [0.25, 0.3) is 0 Å². The van der Waals surface area contributed by atoms with Crippen molar-refractivity contribution < 1.29 is 4.79 Å². The second-order valence-corrected chi connectivity index (χ2v) is 5.74. The Balaban J connectivity index is 1.87. The average Bonchev–Trinajstić information content (AvgIpc) is 2.82. The first-order valence-corrected chi connectivity index (χ1v) is 7.44. The molecule has 0 aliphatic rings. The highest BCUT2D eigenvalue weighted by molar-refractivity contribution is 7.99. The van der Waals surface area contributed by atoms with Crippen molar-refractivity contribution in [2.75, 3.05) is 5.75 Å². The lowest BCUT2D eigenvalue weighted by Gasteiger charge is -2.14. The van der Waals surface area contributed by atoms with Gasteiger partial charge in [0.25, 0.3) is 0 Å². The summed E-state index contributed by atoms with van der Waals surface area (Å²) < 4.78 is 1.78. The number of nitrogens with one attached hydrogen (secondary N) is 1. The fraction of sp³-hybridized carbons (Fsp3) is 0.308. The average molecular weight is 311 g/mol. The Morgan fingerprint density at radius 3 is 3.00 bits per heavy atom. The summed E-state index contributed by atoms with van der Waals surface area (Å²) in [5, 5.41) is 12.0. The summed E-state index contributed by atoms with van der Waals surface area (Å²) in [6.07, 6.45) is 1.61. The van der Waals surface area contributed by atoms with Crippen LogP contribution in [0.3, 0.4) is 0 Å². The number of carbonyl (C=O) groups is 1.